The van der Waals surface area contributed by atoms with Crippen molar-refractivity contribution in [1.29, 1.82) is 0 Å². The van der Waals surface area contributed by atoms with Gasteiger partial charge in [0, 0.05) is 41.1 Å². The number of anilines is 1. The van der Waals surface area contributed by atoms with Crippen molar-refractivity contribution in [3.05, 3.63) is 88.6 Å². The highest BCUT2D eigenvalue weighted by atomic mass is 32.1. The fraction of sp³-hybridized carbons (Fsp3) is 0.200. The third kappa shape index (κ3) is 6.21. The van der Waals surface area contributed by atoms with E-state index in [-0.39, 0.29) is 5.91 Å². The third-order valence-electron chi connectivity index (χ3n) is 5.08. The van der Waals surface area contributed by atoms with E-state index in [4.69, 9.17) is 4.74 Å². The highest BCUT2D eigenvalue weighted by Gasteiger charge is 2.20. The summed E-state index contributed by atoms with van der Waals surface area (Å²) in [5.41, 5.74) is 6.87. The Balaban J connectivity index is 1.56. The van der Waals surface area contributed by atoms with Crippen LogP contribution in [-0.4, -0.2) is 34.0 Å². The number of aromatic nitrogens is 3. The lowest BCUT2D eigenvalue weighted by Gasteiger charge is -2.19. The van der Waals surface area contributed by atoms with Gasteiger partial charge in [-0.3, -0.25) is 15.1 Å². The number of hydrogen-bond donors (Lipinski definition) is 2. The molecule has 7 nitrogen and oxygen atoms in total. The van der Waals surface area contributed by atoms with Gasteiger partial charge in [-0.1, -0.05) is 30.3 Å². The molecule has 3 heterocycles. The topological polar surface area (TPSA) is 89.0 Å². The summed E-state index contributed by atoms with van der Waals surface area (Å²) in [5, 5.41) is 8.36. The highest BCUT2D eigenvalue weighted by molar-refractivity contribution is 7.07. The van der Waals surface area contributed by atoms with Crippen LogP contribution in [-0.2, 0) is 17.8 Å². The van der Waals surface area contributed by atoms with E-state index >= 15 is 0 Å². The van der Waals surface area contributed by atoms with Gasteiger partial charge in [-0.25, -0.2) is 9.97 Å². The monoisotopic (exact) mass is 459 g/mol. The minimum Gasteiger partial charge on any atom is -0.481 e. The normalized spacial score (nSPS) is 11.7. The summed E-state index contributed by atoms with van der Waals surface area (Å²) in [6.07, 6.45) is 2.29. The molecule has 0 radical (unpaired) electrons. The van der Waals surface area contributed by atoms with Gasteiger partial charge >= 0.3 is 0 Å². The molecule has 33 heavy (non-hydrogen) atoms. The Morgan fingerprint density at radius 3 is 2.70 bits per heavy atom. The van der Waals surface area contributed by atoms with Crippen LogP contribution in [0.2, 0.25) is 0 Å². The summed E-state index contributed by atoms with van der Waals surface area (Å²) in [7, 11) is 1.56. The second-order valence-electron chi connectivity index (χ2n) is 7.56. The number of rotatable bonds is 9. The van der Waals surface area contributed by atoms with Gasteiger partial charge in [0.15, 0.2) is 0 Å². The molecule has 0 saturated carbocycles. The van der Waals surface area contributed by atoms with E-state index in [2.05, 4.69) is 25.6 Å². The Labute approximate surface area is 196 Å². The average Bonchev–Trinajstić information content (AvgIpc) is 3.36. The number of thiazole rings is 1. The molecule has 0 aliphatic rings. The van der Waals surface area contributed by atoms with Crippen LogP contribution in [0.25, 0.3) is 11.3 Å². The first-order chi connectivity index (χ1) is 16.1. The first kappa shape index (κ1) is 22.6. The maximum Gasteiger partial charge on any atom is 0.241 e. The van der Waals surface area contributed by atoms with Gasteiger partial charge in [0.1, 0.15) is 0 Å². The predicted octanol–water partition coefficient (Wildman–Crippen LogP) is 4.26. The molecule has 8 heteroatoms. The van der Waals surface area contributed by atoms with Crippen molar-refractivity contribution in [2.75, 3.05) is 12.4 Å². The van der Waals surface area contributed by atoms with Gasteiger partial charge < -0.3 is 10.1 Å². The molecule has 4 aromatic rings. The predicted molar refractivity (Wildman–Crippen MR) is 130 cm³/mol. The van der Waals surface area contributed by atoms with E-state index in [0.29, 0.717) is 30.2 Å². The number of aryl methyl sites for hydroxylation is 1. The molecule has 0 fully saturated rings. The molecule has 0 bridgehead atoms. The van der Waals surface area contributed by atoms with Crippen LogP contribution < -0.4 is 15.4 Å². The Morgan fingerprint density at radius 2 is 1.97 bits per heavy atom. The molecule has 0 aliphatic heterocycles. The van der Waals surface area contributed by atoms with E-state index in [1.165, 1.54) is 11.3 Å². The van der Waals surface area contributed by atoms with Crippen LogP contribution in [0.1, 0.15) is 17.0 Å². The summed E-state index contributed by atoms with van der Waals surface area (Å²) >= 11 is 1.53. The summed E-state index contributed by atoms with van der Waals surface area (Å²) < 4.78 is 5.38. The number of ether oxygens (including phenoxy) is 1. The molecule has 0 unspecified atom stereocenters. The van der Waals surface area contributed by atoms with Crippen molar-refractivity contribution in [2.45, 2.75) is 25.9 Å². The van der Waals surface area contributed by atoms with Crippen molar-refractivity contribution >= 4 is 22.9 Å². The summed E-state index contributed by atoms with van der Waals surface area (Å²) in [4.78, 5) is 26.4. The molecule has 2 N–H and O–H groups in total. The van der Waals surface area contributed by atoms with Crippen molar-refractivity contribution in [1.82, 2.24) is 20.3 Å². The minimum atomic E-state index is -0.445. The smallest absolute Gasteiger partial charge is 0.241 e. The number of hydrogen-bond acceptors (Lipinski definition) is 7. The van der Waals surface area contributed by atoms with E-state index < -0.39 is 6.04 Å². The highest BCUT2D eigenvalue weighted by Crippen LogP contribution is 2.25. The Bertz CT molecular complexity index is 1200. The van der Waals surface area contributed by atoms with E-state index in [0.717, 1.165) is 22.5 Å². The number of nitrogens with one attached hydrogen (secondary N) is 2. The van der Waals surface area contributed by atoms with Gasteiger partial charge in [0.05, 0.1) is 30.1 Å². The Morgan fingerprint density at radius 1 is 1.12 bits per heavy atom. The lowest BCUT2D eigenvalue weighted by Crippen LogP contribution is -2.42. The summed E-state index contributed by atoms with van der Waals surface area (Å²) in [5.74, 6) is 0.284. The molecule has 0 spiro atoms. The number of carbonyl (C=O) groups excluding carboxylic acids is 1. The zero-order valence-corrected chi connectivity index (χ0v) is 19.3. The SMILES string of the molecule is COc1cc(NC(=O)[C@H](Cc2ccccc2)NCc2cscn2)cc(-c2ccnc(C)c2)n1. The lowest BCUT2D eigenvalue weighted by atomic mass is 10.0. The zero-order chi connectivity index (χ0) is 23.0. The maximum absolute atomic E-state index is 13.3. The molecular formula is C25H25N5O2S. The second kappa shape index (κ2) is 10.8. The lowest BCUT2D eigenvalue weighted by molar-refractivity contribution is -0.118. The zero-order valence-electron chi connectivity index (χ0n) is 18.5. The summed E-state index contributed by atoms with van der Waals surface area (Å²) in [6.45, 7) is 2.43. The van der Waals surface area contributed by atoms with Crippen LogP contribution in [0.15, 0.2) is 71.7 Å². The van der Waals surface area contributed by atoms with Gasteiger partial charge in [-0.15, -0.1) is 11.3 Å². The molecule has 1 atom stereocenters. The van der Waals surface area contributed by atoms with Crippen LogP contribution in [0.3, 0.4) is 0 Å². The number of nitrogens with zero attached hydrogens (tertiary/aromatic N) is 3. The van der Waals surface area contributed by atoms with Crippen molar-refractivity contribution < 1.29 is 9.53 Å². The van der Waals surface area contributed by atoms with Crippen LogP contribution in [0.4, 0.5) is 5.69 Å². The number of carbonyl (C=O) groups is 1. The molecule has 0 aliphatic carbocycles. The molecule has 168 valence electrons. The quantitative estimate of drug-likeness (QED) is 0.389. The van der Waals surface area contributed by atoms with Crippen molar-refractivity contribution in [2.24, 2.45) is 0 Å². The van der Waals surface area contributed by atoms with E-state index in [1.54, 1.807) is 24.9 Å². The Kier molecular flexibility index (Phi) is 7.39. The maximum atomic E-state index is 13.3. The van der Waals surface area contributed by atoms with Crippen molar-refractivity contribution in [3.8, 4) is 17.1 Å². The number of methoxy groups -OCH3 is 1. The standard InChI is InChI=1S/C25H25N5O2S/c1-17-10-19(8-9-26-17)22-12-20(13-24(30-22)32-2)29-25(31)23(11-18-6-4-3-5-7-18)27-14-21-15-33-16-28-21/h3-10,12-13,15-16,23,27H,11,14H2,1-2H3,(H,29,30,31)/t23-/m0/s1. The second-order valence-corrected chi connectivity index (χ2v) is 8.28. The first-order valence-electron chi connectivity index (χ1n) is 10.5. The van der Waals surface area contributed by atoms with Crippen LogP contribution in [0.5, 0.6) is 5.88 Å². The van der Waals surface area contributed by atoms with Gasteiger partial charge in [0.2, 0.25) is 11.8 Å². The van der Waals surface area contributed by atoms with Gasteiger partial charge in [-0.2, -0.15) is 0 Å². The number of amides is 1. The van der Waals surface area contributed by atoms with Gasteiger partial charge in [0.25, 0.3) is 0 Å². The average molecular weight is 460 g/mol. The minimum absolute atomic E-state index is 0.140. The molecule has 4 rings (SSSR count). The first-order valence-corrected chi connectivity index (χ1v) is 11.5. The largest absolute Gasteiger partial charge is 0.481 e. The van der Waals surface area contributed by atoms with Crippen LogP contribution in [0, 0.1) is 6.92 Å². The van der Waals surface area contributed by atoms with Gasteiger partial charge in [-0.05, 0) is 37.1 Å². The molecular weight excluding hydrogens is 434 g/mol. The van der Waals surface area contributed by atoms with Crippen molar-refractivity contribution in [3.63, 3.8) is 0 Å². The number of benzene rings is 1. The van der Waals surface area contributed by atoms with E-state index in [1.807, 2.05) is 60.8 Å². The van der Waals surface area contributed by atoms with E-state index in [9.17, 15) is 4.79 Å². The van der Waals surface area contributed by atoms with Crippen LogP contribution >= 0.6 is 11.3 Å². The Hall–Kier alpha value is -3.62. The molecule has 0 saturated heterocycles. The third-order valence-corrected chi connectivity index (χ3v) is 5.72. The number of pyridine rings is 2. The fourth-order valence-corrected chi connectivity index (χ4v) is 3.98. The molecule has 1 aromatic carbocycles. The molecule has 1 amide bonds. The molecule has 3 aromatic heterocycles. The fourth-order valence-electron chi connectivity index (χ4n) is 3.42. The summed E-state index contributed by atoms with van der Waals surface area (Å²) in [6, 6.07) is 16.9.